The predicted octanol–water partition coefficient (Wildman–Crippen LogP) is 1.81. The summed E-state index contributed by atoms with van der Waals surface area (Å²) in [5.74, 6) is -1.31. The van der Waals surface area contributed by atoms with Crippen LogP contribution in [-0.4, -0.2) is 36.9 Å². The van der Waals surface area contributed by atoms with Crippen molar-refractivity contribution in [2.75, 3.05) is 13.1 Å². The van der Waals surface area contributed by atoms with E-state index in [0.29, 0.717) is 11.8 Å². The van der Waals surface area contributed by atoms with Gasteiger partial charge in [-0.3, -0.25) is 4.98 Å². The van der Waals surface area contributed by atoms with E-state index in [9.17, 15) is 17.2 Å². The fourth-order valence-electron chi connectivity index (χ4n) is 2.11. The predicted molar refractivity (Wildman–Crippen MR) is 73.8 cm³/mol. The molecule has 0 unspecified atom stereocenters. The maximum absolute atomic E-state index is 13.2. The number of hydrogen-bond acceptors (Lipinski definition) is 4. The third-order valence-corrected chi connectivity index (χ3v) is 5.03. The molecule has 1 saturated heterocycles. The fourth-order valence-corrected chi connectivity index (χ4v) is 3.65. The molecule has 0 aliphatic carbocycles. The van der Waals surface area contributed by atoms with Crippen molar-refractivity contribution in [1.82, 2.24) is 9.29 Å². The van der Waals surface area contributed by atoms with Gasteiger partial charge in [0.15, 0.2) is 0 Å². The highest BCUT2D eigenvalue weighted by Crippen LogP contribution is 2.25. The zero-order chi connectivity index (χ0) is 15.7. The Labute approximate surface area is 126 Å². The third-order valence-electron chi connectivity index (χ3n) is 3.23. The van der Waals surface area contributed by atoms with Crippen molar-refractivity contribution >= 4 is 10.0 Å². The second-order valence-electron chi connectivity index (χ2n) is 4.86. The molecule has 1 aromatic carbocycles. The zero-order valence-corrected chi connectivity index (χ0v) is 12.1. The average molecular weight is 326 g/mol. The van der Waals surface area contributed by atoms with Crippen LogP contribution in [0, 0.1) is 11.6 Å². The molecule has 0 saturated carbocycles. The Kier molecular flexibility index (Phi) is 3.79. The van der Waals surface area contributed by atoms with Gasteiger partial charge in [-0.25, -0.2) is 17.2 Å². The Balaban J connectivity index is 1.68. The molecular formula is C14H12F2N2O3S. The first-order valence-corrected chi connectivity index (χ1v) is 7.92. The van der Waals surface area contributed by atoms with Gasteiger partial charge in [0.25, 0.3) is 0 Å². The molecule has 1 aromatic heterocycles. The average Bonchev–Trinajstić information content (AvgIpc) is 2.42. The summed E-state index contributed by atoms with van der Waals surface area (Å²) in [5.41, 5.74) is 0. The van der Waals surface area contributed by atoms with Crippen LogP contribution in [0.25, 0.3) is 0 Å². The molecule has 116 valence electrons. The van der Waals surface area contributed by atoms with Gasteiger partial charge < -0.3 is 4.74 Å². The van der Waals surface area contributed by atoms with Gasteiger partial charge in [0.1, 0.15) is 23.5 Å². The topological polar surface area (TPSA) is 59.5 Å². The smallest absolute Gasteiger partial charge is 0.243 e. The minimum atomic E-state index is -3.91. The molecule has 0 atom stereocenters. The molecule has 8 heteroatoms. The Morgan fingerprint density at radius 2 is 1.86 bits per heavy atom. The SMILES string of the molecule is O=S(=O)(c1cc(F)cc(F)c1)N1CC(Oc2cccnc2)C1. The molecule has 0 N–H and O–H groups in total. The summed E-state index contributed by atoms with van der Waals surface area (Å²) >= 11 is 0. The van der Waals surface area contributed by atoms with Crippen LogP contribution in [0.2, 0.25) is 0 Å². The van der Waals surface area contributed by atoms with E-state index in [-0.39, 0.29) is 19.2 Å². The molecule has 2 aromatic rings. The highest BCUT2D eigenvalue weighted by Gasteiger charge is 2.38. The van der Waals surface area contributed by atoms with E-state index in [1.807, 2.05) is 0 Å². The third kappa shape index (κ3) is 2.93. The first-order valence-electron chi connectivity index (χ1n) is 6.48. The van der Waals surface area contributed by atoms with Crippen LogP contribution in [0.3, 0.4) is 0 Å². The van der Waals surface area contributed by atoms with Gasteiger partial charge >= 0.3 is 0 Å². The first kappa shape index (κ1) is 14.9. The van der Waals surface area contributed by atoms with Gasteiger partial charge in [0.05, 0.1) is 24.2 Å². The second-order valence-corrected chi connectivity index (χ2v) is 6.79. The Morgan fingerprint density at radius 3 is 2.45 bits per heavy atom. The summed E-state index contributed by atoms with van der Waals surface area (Å²) in [6, 6.07) is 5.65. The lowest BCUT2D eigenvalue weighted by Crippen LogP contribution is -2.55. The van der Waals surface area contributed by atoms with E-state index in [2.05, 4.69) is 4.98 Å². The van der Waals surface area contributed by atoms with Crippen molar-refractivity contribution in [2.45, 2.75) is 11.0 Å². The monoisotopic (exact) mass is 326 g/mol. The summed E-state index contributed by atoms with van der Waals surface area (Å²) in [6.07, 6.45) is 2.82. The molecule has 0 bridgehead atoms. The van der Waals surface area contributed by atoms with Crippen LogP contribution in [0.5, 0.6) is 5.75 Å². The summed E-state index contributed by atoms with van der Waals surface area (Å²) in [6.45, 7) is 0.241. The van der Waals surface area contributed by atoms with Crippen molar-refractivity contribution in [2.24, 2.45) is 0 Å². The molecule has 3 rings (SSSR count). The number of pyridine rings is 1. The molecular weight excluding hydrogens is 314 g/mol. The lowest BCUT2D eigenvalue weighted by Gasteiger charge is -2.37. The van der Waals surface area contributed by atoms with E-state index >= 15 is 0 Å². The van der Waals surface area contributed by atoms with Crippen molar-refractivity contribution < 1.29 is 21.9 Å². The number of nitrogens with zero attached hydrogens (tertiary/aromatic N) is 2. The molecule has 1 aliphatic rings. The van der Waals surface area contributed by atoms with Crippen LogP contribution in [0.15, 0.2) is 47.6 Å². The van der Waals surface area contributed by atoms with E-state index in [1.165, 1.54) is 6.20 Å². The van der Waals surface area contributed by atoms with E-state index < -0.39 is 26.6 Å². The van der Waals surface area contributed by atoms with Crippen molar-refractivity contribution in [3.63, 3.8) is 0 Å². The number of sulfonamides is 1. The summed E-state index contributed by atoms with van der Waals surface area (Å²) < 4.78 is 57.4. The largest absolute Gasteiger partial charge is 0.486 e. The van der Waals surface area contributed by atoms with Crippen LogP contribution in [0.1, 0.15) is 0 Å². The fraction of sp³-hybridized carbons (Fsp3) is 0.214. The van der Waals surface area contributed by atoms with E-state index in [4.69, 9.17) is 4.74 Å². The minimum absolute atomic E-state index is 0.120. The molecule has 2 heterocycles. The van der Waals surface area contributed by atoms with Crippen LogP contribution in [0.4, 0.5) is 8.78 Å². The Morgan fingerprint density at radius 1 is 1.18 bits per heavy atom. The lowest BCUT2D eigenvalue weighted by molar-refractivity contribution is 0.0758. The van der Waals surface area contributed by atoms with E-state index in [1.54, 1.807) is 18.3 Å². The molecule has 0 amide bonds. The molecule has 1 aliphatic heterocycles. The highest BCUT2D eigenvalue weighted by atomic mass is 32.2. The molecule has 0 spiro atoms. The van der Waals surface area contributed by atoms with Gasteiger partial charge in [0, 0.05) is 12.3 Å². The van der Waals surface area contributed by atoms with Crippen LogP contribution in [-0.2, 0) is 10.0 Å². The Bertz CT molecular complexity index is 758. The quantitative estimate of drug-likeness (QED) is 0.860. The maximum atomic E-state index is 13.2. The van der Waals surface area contributed by atoms with Gasteiger partial charge in [-0.05, 0) is 24.3 Å². The second kappa shape index (κ2) is 5.62. The minimum Gasteiger partial charge on any atom is -0.486 e. The first-order chi connectivity index (χ1) is 10.4. The number of rotatable bonds is 4. The summed E-state index contributed by atoms with van der Waals surface area (Å²) in [7, 11) is -3.91. The standard InChI is InChI=1S/C14H12F2N2O3S/c15-10-4-11(16)6-14(5-10)22(19,20)18-8-13(9-18)21-12-2-1-3-17-7-12/h1-7,13H,8-9H2. The maximum Gasteiger partial charge on any atom is 0.243 e. The number of halogens is 2. The number of ether oxygens (including phenoxy) is 1. The molecule has 22 heavy (non-hydrogen) atoms. The lowest BCUT2D eigenvalue weighted by atomic mass is 10.2. The molecule has 1 fully saturated rings. The zero-order valence-electron chi connectivity index (χ0n) is 11.3. The number of benzene rings is 1. The van der Waals surface area contributed by atoms with Gasteiger partial charge in [-0.2, -0.15) is 4.31 Å². The van der Waals surface area contributed by atoms with Crippen molar-refractivity contribution in [1.29, 1.82) is 0 Å². The van der Waals surface area contributed by atoms with Crippen molar-refractivity contribution in [3.8, 4) is 5.75 Å². The van der Waals surface area contributed by atoms with Gasteiger partial charge in [0.2, 0.25) is 10.0 Å². The summed E-state index contributed by atoms with van der Waals surface area (Å²) in [4.78, 5) is 3.49. The van der Waals surface area contributed by atoms with Crippen LogP contribution < -0.4 is 4.74 Å². The van der Waals surface area contributed by atoms with Gasteiger partial charge in [-0.15, -0.1) is 0 Å². The molecule has 0 radical (unpaired) electrons. The van der Waals surface area contributed by atoms with E-state index in [0.717, 1.165) is 16.4 Å². The highest BCUT2D eigenvalue weighted by molar-refractivity contribution is 7.89. The van der Waals surface area contributed by atoms with Crippen LogP contribution >= 0.6 is 0 Å². The number of hydrogen-bond donors (Lipinski definition) is 0. The van der Waals surface area contributed by atoms with Gasteiger partial charge in [-0.1, -0.05) is 0 Å². The molecule has 5 nitrogen and oxygen atoms in total. The van der Waals surface area contributed by atoms with Crippen molar-refractivity contribution in [3.05, 3.63) is 54.4 Å². The summed E-state index contributed by atoms with van der Waals surface area (Å²) in [5, 5.41) is 0. The Hall–Kier alpha value is -2.06. The normalized spacial score (nSPS) is 16.3. The number of aromatic nitrogens is 1.